The van der Waals surface area contributed by atoms with E-state index in [9.17, 15) is 13.2 Å². The number of carbonyl (C=O) groups is 1. The van der Waals surface area contributed by atoms with Crippen molar-refractivity contribution in [1.29, 1.82) is 0 Å². The molecule has 2 aromatic carbocycles. The van der Waals surface area contributed by atoms with Crippen LogP contribution >= 0.6 is 0 Å². The molecular weight excluding hydrogens is 328 g/mol. The molecule has 7 heteroatoms. The van der Waals surface area contributed by atoms with E-state index in [-0.39, 0.29) is 10.7 Å². The van der Waals surface area contributed by atoms with Crippen LogP contribution in [0.2, 0.25) is 0 Å². The van der Waals surface area contributed by atoms with Crippen molar-refractivity contribution in [3.05, 3.63) is 65.4 Å². The molecule has 1 heterocycles. The maximum Gasteiger partial charge on any atom is 0.300 e. The summed E-state index contributed by atoms with van der Waals surface area (Å²) in [5.74, 6) is -0.871. The summed E-state index contributed by atoms with van der Waals surface area (Å²) in [6.45, 7) is 2.21. The van der Waals surface area contributed by atoms with E-state index in [1.807, 2.05) is 23.8 Å². The van der Waals surface area contributed by atoms with Gasteiger partial charge in [-0.05, 0) is 42.3 Å². The fraction of sp³-hybridized carbons (Fsp3) is 0.118. The van der Waals surface area contributed by atoms with Gasteiger partial charge in [0, 0.05) is 11.9 Å². The van der Waals surface area contributed by atoms with E-state index >= 15 is 0 Å². The monoisotopic (exact) mass is 344 g/mol. The molecule has 0 unspecified atom stereocenters. The molecule has 0 saturated carbocycles. The summed E-state index contributed by atoms with van der Waals surface area (Å²) in [4.78, 5) is 12.2. The van der Waals surface area contributed by atoms with Gasteiger partial charge in [-0.3, -0.25) is 4.79 Å². The van der Waals surface area contributed by atoms with Crippen LogP contribution in [0.3, 0.4) is 0 Å². The Morgan fingerprint density at radius 3 is 2.50 bits per heavy atom. The van der Waals surface area contributed by atoms with Gasteiger partial charge in [-0.2, -0.15) is 0 Å². The van der Waals surface area contributed by atoms with Crippen LogP contribution in [-0.2, 0) is 16.6 Å². The van der Waals surface area contributed by atoms with E-state index < -0.39 is 15.9 Å². The van der Waals surface area contributed by atoms with Crippen LogP contribution in [0.4, 0.5) is 0 Å². The average Bonchev–Trinajstić information content (AvgIpc) is 2.98. The highest BCUT2D eigenvalue weighted by Crippen LogP contribution is 2.21. The molecule has 6 nitrogen and oxygen atoms in total. The van der Waals surface area contributed by atoms with Gasteiger partial charge in [0.05, 0.1) is 4.90 Å². The van der Waals surface area contributed by atoms with Crippen molar-refractivity contribution in [2.75, 3.05) is 0 Å². The number of aryl methyl sites for hydroxylation is 1. The average molecular weight is 344 g/mol. The first-order chi connectivity index (χ1) is 11.4. The van der Waals surface area contributed by atoms with Gasteiger partial charge in [-0.1, -0.05) is 24.3 Å². The normalized spacial score (nSPS) is 11.6. The van der Waals surface area contributed by atoms with Crippen LogP contribution in [0.1, 0.15) is 21.7 Å². The van der Waals surface area contributed by atoms with Crippen LogP contribution in [-0.4, -0.2) is 14.3 Å². The molecular formula is C17H16N2O4S. The van der Waals surface area contributed by atoms with E-state index in [2.05, 4.69) is 0 Å². The second kappa shape index (κ2) is 6.10. The van der Waals surface area contributed by atoms with Crippen molar-refractivity contribution in [3.63, 3.8) is 0 Å². The second-order valence-electron chi connectivity index (χ2n) is 5.43. The first-order valence-corrected chi connectivity index (χ1v) is 8.74. The lowest BCUT2D eigenvalue weighted by atomic mass is 10.2. The lowest BCUT2D eigenvalue weighted by Crippen LogP contribution is -2.30. The van der Waals surface area contributed by atoms with Gasteiger partial charge in [-0.15, -0.1) is 0 Å². The number of sulfonamides is 1. The highest BCUT2D eigenvalue weighted by molar-refractivity contribution is 7.90. The fourth-order valence-corrected chi connectivity index (χ4v) is 3.24. The summed E-state index contributed by atoms with van der Waals surface area (Å²) in [6.07, 6.45) is 0. The molecule has 3 aromatic rings. The van der Waals surface area contributed by atoms with Gasteiger partial charge >= 0.3 is 5.91 Å². The van der Waals surface area contributed by atoms with E-state index in [0.717, 1.165) is 16.5 Å². The van der Waals surface area contributed by atoms with E-state index in [4.69, 9.17) is 10.2 Å². The van der Waals surface area contributed by atoms with Crippen LogP contribution in [0.25, 0.3) is 11.0 Å². The SMILES string of the molecule is Cc1ccc2cc(C(=O)NS(=O)(=O)c3ccc(CN)cc3)oc2c1. The Balaban J connectivity index is 1.86. The Kier molecular flexibility index (Phi) is 4.13. The number of hydrogen-bond donors (Lipinski definition) is 2. The third-order valence-corrected chi connectivity index (χ3v) is 4.94. The Hall–Kier alpha value is -2.64. The molecule has 0 aliphatic rings. The summed E-state index contributed by atoms with van der Waals surface area (Å²) >= 11 is 0. The Morgan fingerprint density at radius 2 is 1.83 bits per heavy atom. The van der Waals surface area contributed by atoms with E-state index in [1.165, 1.54) is 18.2 Å². The van der Waals surface area contributed by atoms with Crippen LogP contribution in [0.15, 0.2) is 57.8 Å². The molecule has 0 atom stereocenters. The van der Waals surface area contributed by atoms with Crippen LogP contribution in [0.5, 0.6) is 0 Å². The molecule has 1 aromatic heterocycles. The summed E-state index contributed by atoms with van der Waals surface area (Å²) in [5, 5.41) is 0.732. The Labute approximate surface area is 139 Å². The van der Waals surface area contributed by atoms with Gasteiger partial charge in [0.25, 0.3) is 10.0 Å². The predicted molar refractivity (Wildman–Crippen MR) is 89.9 cm³/mol. The molecule has 0 aliphatic carbocycles. The molecule has 0 spiro atoms. The number of furan rings is 1. The zero-order valence-corrected chi connectivity index (χ0v) is 13.8. The summed E-state index contributed by atoms with van der Waals surface area (Å²) in [7, 11) is -3.98. The largest absolute Gasteiger partial charge is 0.451 e. The Bertz CT molecular complexity index is 1000. The topological polar surface area (TPSA) is 102 Å². The molecule has 1 amide bonds. The summed E-state index contributed by atoms with van der Waals surface area (Å²) in [5.41, 5.74) is 7.80. The van der Waals surface area contributed by atoms with Crippen molar-refractivity contribution in [1.82, 2.24) is 4.72 Å². The molecule has 0 fully saturated rings. The van der Waals surface area contributed by atoms with Gasteiger partial charge in [0.1, 0.15) is 5.58 Å². The van der Waals surface area contributed by atoms with Gasteiger partial charge in [0.2, 0.25) is 0 Å². The first-order valence-electron chi connectivity index (χ1n) is 7.25. The molecule has 124 valence electrons. The summed E-state index contributed by atoms with van der Waals surface area (Å²) in [6, 6.07) is 13.0. The fourth-order valence-electron chi connectivity index (χ4n) is 2.29. The van der Waals surface area contributed by atoms with Crippen molar-refractivity contribution < 1.29 is 17.6 Å². The minimum Gasteiger partial charge on any atom is -0.451 e. The maximum absolute atomic E-state index is 12.3. The predicted octanol–water partition coefficient (Wildman–Crippen LogP) is 2.32. The number of carbonyl (C=O) groups excluding carboxylic acids is 1. The molecule has 0 bridgehead atoms. The lowest BCUT2D eigenvalue weighted by molar-refractivity contribution is 0.0956. The maximum atomic E-state index is 12.3. The molecule has 0 aliphatic heterocycles. The Morgan fingerprint density at radius 1 is 1.12 bits per heavy atom. The van der Waals surface area contributed by atoms with Gasteiger partial charge in [-0.25, -0.2) is 13.1 Å². The van der Waals surface area contributed by atoms with Crippen molar-refractivity contribution in [3.8, 4) is 0 Å². The highest BCUT2D eigenvalue weighted by Gasteiger charge is 2.21. The number of nitrogens with one attached hydrogen (secondary N) is 1. The third-order valence-electron chi connectivity index (χ3n) is 3.60. The molecule has 0 radical (unpaired) electrons. The molecule has 3 rings (SSSR count). The smallest absolute Gasteiger partial charge is 0.300 e. The minimum absolute atomic E-state index is 0.0139. The number of amides is 1. The molecule has 24 heavy (non-hydrogen) atoms. The highest BCUT2D eigenvalue weighted by atomic mass is 32.2. The van der Waals surface area contributed by atoms with Crippen LogP contribution in [0, 0.1) is 6.92 Å². The zero-order valence-electron chi connectivity index (χ0n) is 12.9. The molecule has 3 N–H and O–H groups in total. The van der Waals surface area contributed by atoms with Crippen molar-refractivity contribution in [2.24, 2.45) is 5.73 Å². The van der Waals surface area contributed by atoms with Crippen LogP contribution < -0.4 is 10.5 Å². The first kappa shape index (κ1) is 16.2. The van der Waals surface area contributed by atoms with E-state index in [0.29, 0.717) is 12.1 Å². The summed E-state index contributed by atoms with van der Waals surface area (Å²) < 4.78 is 32.0. The van der Waals surface area contributed by atoms with Crippen molar-refractivity contribution >= 4 is 26.9 Å². The number of benzene rings is 2. The molecule has 0 saturated heterocycles. The number of hydrogen-bond acceptors (Lipinski definition) is 5. The second-order valence-corrected chi connectivity index (χ2v) is 7.12. The van der Waals surface area contributed by atoms with Crippen molar-refractivity contribution in [2.45, 2.75) is 18.4 Å². The number of nitrogens with two attached hydrogens (primary N) is 1. The quantitative estimate of drug-likeness (QED) is 0.756. The minimum atomic E-state index is -3.98. The number of rotatable bonds is 4. The van der Waals surface area contributed by atoms with Gasteiger partial charge < -0.3 is 10.2 Å². The van der Waals surface area contributed by atoms with E-state index in [1.54, 1.807) is 18.2 Å². The number of fused-ring (bicyclic) bond motifs is 1. The third kappa shape index (κ3) is 3.17. The zero-order chi connectivity index (χ0) is 17.3. The van der Waals surface area contributed by atoms with Gasteiger partial charge in [0.15, 0.2) is 5.76 Å². The standard InChI is InChI=1S/C17H16N2O4S/c1-11-2-5-13-9-16(23-15(13)8-11)17(20)19-24(21,22)14-6-3-12(10-18)4-7-14/h2-9H,10,18H2,1H3,(H,19,20). The lowest BCUT2D eigenvalue weighted by Gasteiger charge is -2.06.